The van der Waals surface area contributed by atoms with Gasteiger partial charge in [-0.3, -0.25) is 14.4 Å². The quantitative estimate of drug-likeness (QED) is 0.280. The summed E-state index contributed by atoms with van der Waals surface area (Å²) in [6, 6.07) is 5.55. The molecule has 0 saturated carbocycles. The first-order valence-corrected chi connectivity index (χ1v) is 13.8. The van der Waals surface area contributed by atoms with E-state index >= 15 is 0 Å². The van der Waals surface area contributed by atoms with Crippen molar-refractivity contribution in [1.29, 1.82) is 0 Å². The van der Waals surface area contributed by atoms with Crippen molar-refractivity contribution in [3.8, 4) is 5.75 Å². The highest BCUT2D eigenvalue weighted by molar-refractivity contribution is 9.09. The number of unbranched alkanes of at least 4 members (excludes halogenated alkanes) is 2. The Morgan fingerprint density at radius 1 is 1.25 bits per heavy atom. The standard InChI is InChI=1S/C26H36BrN3O6/c1-4-6-7-12-28-24(33)22-26-13-18(27)21(36-26)19(20(26)25(34)30(22)15(3)14-31)23(32)29-16-8-10-17(11-9-16)35-5-2/h8-11,15,18-22,31H,4-7,12-14H2,1-3H3,(H,28,33)(H,29,32)/t15-,18?,19-,20+,21-,22?,26?/m1/s1. The monoisotopic (exact) mass is 565 g/mol. The Hall–Kier alpha value is -2.17. The first-order chi connectivity index (χ1) is 17.3. The Bertz CT molecular complexity index is 975. The molecule has 3 heterocycles. The molecule has 0 radical (unpaired) electrons. The normalized spacial score (nSPS) is 31.3. The SMILES string of the molecule is CCCCCNC(=O)C1N([C@H](C)CO)C(=O)[C@@H]2[C@@H](C(=O)Nc3ccc(OCC)cc3)[C@@H]3OC12CC3Br. The molecule has 198 valence electrons. The lowest BCUT2D eigenvalue weighted by Gasteiger charge is -2.35. The molecular formula is C26H36BrN3O6. The van der Waals surface area contributed by atoms with Crippen molar-refractivity contribution in [2.75, 3.05) is 25.1 Å². The number of amides is 3. The summed E-state index contributed by atoms with van der Waals surface area (Å²) >= 11 is 3.66. The summed E-state index contributed by atoms with van der Waals surface area (Å²) in [5.74, 6) is -1.82. The van der Waals surface area contributed by atoms with Crippen LogP contribution in [0.2, 0.25) is 0 Å². The Morgan fingerprint density at radius 3 is 2.61 bits per heavy atom. The maximum Gasteiger partial charge on any atom is 0.245 e. The molecule has 3 fully saturated rings. The zero-order chi connectivity index (χ0) is 26.0. The van der Waals surface area contributed by atoms with Crippen molar-refractivity contribution in [3.63, 3.8) is 0 Å². The van der Waals surface area contributed by atoms with Crippen LogP contribution < -0.4 is 15.4 Å². The second-order valence-electron chi connectivity index (χ2n) is 9.89. The molecule has 36 heavy (non-hydrogen) atoms. The van der Waals surface area contributed by atoms with E-state index in [-0.39, 0.29) is 29.2 Å². The highest BCUT2D eigenvalue weighted by Gasteiger charge is 2.76. The molecule has 0 aromatic heterocycles. The molecule has 3 N–H and O–H groups in total. The van der Waals surface area contributed by atoms with Gasteiger partial charge in [0.2, 0.25) is 17.7 Å². The van der Waals surface area contributed by atoms with E-state index in [0.29, 0.717) is 31.0 Å². The number of carbonyl (C=O) groups excluding carboxylic acids is 3. The minimum Gasteiger partial charge on any atom is -0.494 e. The molecule has 2 bridgehead atoms. The predicted molar refractivity (Wildman–Crippen MR) is 138 cm³/mol. The Kier molecular flexibility index (Phi) is 8.26. The predicted octanol–water partition coefficient (Wildman–Crippen LogP) is 2.46. The largest absolute Gasteiger partial charge is 0.494 e. The number of rotatable bonds is 11. The average molecular weight is 566 g/mol. The molecule has 1 spiro atoms. The number of alkyl halides is 1. The van der Waals surface area contributed by atoms with Crippen LogP contribution in [0.3, 0.4) is 0 Å². The second-order valence-corrected chi connectivity index (χ2v) is 11.1. The van der Waals surface area contributed by atoms with Gasteiger partial charge in [0, 0.05) is 17.1 Å². The van der Waals surface area contributed by atoms with Gasteiger partial charge in [-0.2, -0.15) is 0 Å². The van der Waals surface area contributed by atoms with Gasteiger partial charge in [-0.1, -0.05) is 35.7 Å². The van der Waals surface area contributed by atoms with E-state index in [0.717, 1.165) is 19.3 Å². The van der Waals surface area contributed by atoms with Crippen molar-refractivity contribution in [3.05, 3.63) is 24.3 Å². The summed E-state index contributed by atoms with van der Waals surface area (Å²) in [6.07, 6.45) is 2.75. The van der Waals surface area contributed by atoms with Crippen molar-refractivity contribution in [2.24, 2.45) is 11.8 Å². The number of carbonyl (C=O) groups is 3. The third-order valence-corrected chi connectivity index (χ3v) is 8.37. The van der Waals surface area contributed by atoms with Gasteiger partial charge >= 0.3 is 0 Å². The fourth-order valence-corrected chi connectivity index (χ4v) is 6.88. The first kappa shape index (κ1) is 26.9. The number of hydrogen-bond acceptors (Lipinski definition) is 6. The van der Waals surface area contributed by atoms with Gasteiger partial charge in [0.25, 0.3) is 0 Å². The van der Waals surface area contributed by atoms with Crippen LogP contribution in [0.5, 0.6) is 5.75 Å². The summed E-state index contributed by atoms with van der Waals surface area (Å²) in [5.41, 5.74) is -0.544. The van der Waals surface area contributed by atoms with Gasteiger partial charge in [-0.05, 0) is 51.0 Å². The molecule has 10 heteroatoms. The van der Waals surface area contributed by atoms with E-state index in [9.17, 15) is 19.5 Å². The van der Waals surface area contributed by atoms with E-state index in [1.807, 2.05) is 6.92 Å². The third kappa shape index (κ3) is 4.63. The number of benzene rings is 1. The molecule has 1 aromatic rings. The number of nitrogens with zero attached hydrogens (tertiary/aromatic N) is 1. The summed E-state index contributed by atoms with van der Waals surface area (Å²) in [6.45, 7) is 6.45. The lowest BCUT2D eigenvalue weighted by atomic mass is 9.70. The van der Waals surface area contributed by atoms with Gasteiger partial charge in [0.1, 0.15) is 17.4 Å². The molecular weight excluding hydrogens is 530 g/mol. The number of aliphatic hydroxyl groups is 1. The number of anilines is 1. The summed E-state index contributed by atoms with van der Waals surface area (Å²) in [7, 11) is 0. The number of aliphatic hydroxyl groups excluding tert-OH is 1. The zero-order valence-electron chi connectivity index (χ0n) is 21.0. The molecule has 4 rings (SSSR count). The maximum absolute atomic E-state index is 13.8. The number of nitrogens with one attached hydrogen (secondary N) is 2. The van der Waals surface area contributed by atoms with Gasteiger partial charge in [0.05, 0.1) is 37.2 Å². The van der Waals surface area contributed by atoms with Crippen LogP contribution in [0.4, 0.5) is 5.69 Å². The molecule has 3 unspecified atom stereocenters. The van der Waals surface area contributed by atoms with Gasteiger partial charge < -0.3 is 30.1 Å². The van der Waals surface area contributed by atoms with E-state index in [4.69, 9.17) is 9.47 Å². The Balaban J connectivity index is 1.61. The van der Waals surface area contributed by atoms with Gasteiger partial charge in [-0.15, -0.1) is 0 Å². The van der Waals surface area contributed by atoms with E-state index in [1.165, 1.54) is 4.90 Å². The fraction of sp³-hybridized carbons (Fsp3) is 0.654. The Morgan fingerprint density at radius 2 is 1.97 bits per heavy atom. The van der Waals surface area contributed by atoms with Crippen LogP contribution in [-0.2, 0) is 19.1 Å². The summed E-state index contributed by atoms with van der Waals surface area (Å²) < 4.78 is 11.9. The van der Waals surface area contributed by atoms with Crippen LogP contribution in [0.15, 0.2) is 24.3 Å². The molecule has 9 nitrogen and oxygen atoms in total. The summed E-state index contributed by atoms with van der Waals surface area (Å²) in [4.78, 5) is 42.1. The fourth-order valence-electron chi connectivity index (χ4n) is 5.94. The molecule has 0 aliphatic carbocycles. The number of likely N-dealkylation sites (tertiary alicyclic amines) is 1. The minimum absolute atomic E-state index is 0.183. The second kappa shape index (κ2) is 11.1. The van der Waals surface area contributed by atoms with Crippen molar-refractivity contribution >= 4 is 39.3 Å². The molecule has 3 saturated heterocycles. The summed E-state index contributed by atoms with van der Waals surface area (Å²) in [5, 5.41) is 15.8. The lowest BCUT2D eigenvalue weighted by molar-refractivity contribution is -0.144. The Labute approximate surface area is 220 Å². The van der Waals surface area contributed by atoms with Crippen LogP contribution in [0, 0.1) is 11.8 Å². The van der Waals surface area contributed by atoms with Crippen molar-refractivity contribution in [2.45, 2.75) is 75.1 Å². The topological polar surface area (TPSA) is 117 Å². The van der Waals surface area contributed by atoms with Crippen molar-refractivity contribution < 1.29 is 29.0 Å². The van der Waals surface area contributed by atoms with Gasteiger partial charge in [-0.25, -0.2) is 0 Å². The van der Waals surface area contributed by atoms with Crippen LogP contribution in [0.25, 0.3) is 0 Å². The highest BCUT2D eigenvalue weighted by Crippen LogP contribution is 2.60. The molecule has 3 aliphatic rings. The zero-order valence-corrected chi connectivity index (χ0v) is 22.6. The van der Waals surface area contributed by atoms with Crippen molar-refractivity contribution in [1.82, 2.24) is 10.2 Å². The molecule has 3 amide bonds. The van der Waals surface area contributed by atoms with Crippen LogP contribution >= 0.6 is 15.9 Å². The average Bonchev–Trinajstić information content (AvgIpc) is 3.46. The molecule has 1 aromatic carbocycles. The third-order valence-electron chi connectivity index (χ3n) is 7.53. The smallest absolute Gasteiger partial charge is 0.245 e. The lowest BCUT2D eigenvalue weighted by Crippen LogP contribution is -2.57. The van der Waals surface area contributed by atoms with E-state index < -0.39 is 35.6 Å². The number of ether oxygens (including phenoxy) is 2. The van der Waals surface area contributed by atoms with Crippen LogP contribution in [0.1, 0.15) is 46.5 Å². The van der Waals surface area contributed by atoms with E-state index in [2.05, 4.69) is 33.5 Å². The number of hydrogen-bond donors (Lipinski definition) is 3. The van der Waals surface area contributed by atoms with E-state index in [1.54, 1.807) is 31.2 Å². The number of halogens is 1. The van der Waals surface area contributed by atoms with Gasteiger partial charge in [0.15, 0.2) is 0 Å². The molecule has 3 aliphatic heterocycles. The van der Waals surface area contributed by atoms with Crippen LogP contribution in [-0.4, -0.2) is 76.1 Å². The maximum atomic E-state index is 13.8. The minimum atomic E-state index is -1.13. The molecule has 7 atom stereocenters. The highest BCUT2D eigenvalue weighted by atomic mass is 79.9. The first-order valence-electron chi connectivity index (χ1n) is 12.8. The number of fused-ring (bicyclic) bond motifs is 1.